The van der Waals surface area contributed by atoms with Gasteiger partial charge in [-0.25, -0.2) is 9.78 Å². The van der Waals surface area contributed by atoms with Gasteiger partial charge >= 0.3 is 5.97 Å². The molecule has 5 heteroatoms. The predicted octanol–water partition coefficient (Wildman–Crippen LogP) is 2.68. The summed E-state index contributed by atoms with van der Waals surface area (Å²) >= 11 is 1.43. The van der Waals surface area contributed by atoms with Crippen molar-refractivity contribution in [2.24, 2.45) is 0 Å². The first-order valence-corrected chi connectivity index (χ1v) is 6.79. The van der Waals surface area contributed by atoms with Gasteiger partial charge < -0.3 is 10.0 Å². The van der Waals surface area contributed by atoms with Crippen molar-refractivity contribution in [3.63, 3.8) is 0 Å². The number of aromatic carboxylic acids is 1. The van der Waals surface area contributed by atoms with Crippen LogP contribution in [0.5, 0.6) is 0 Å². The number of thiazole rings is 1. The first-order chi connectivity index (χ1) is 8.04. The lowest BCUT2D eigenvalue weighted by Gasteiger charge is -2.19. The number of carboxylic acids is 1. The molecular formula is C12H20N2O2S. The highest BCUT2D eigenvalue weighted by Crippen LogP contribution is 2.20. The monoisotopic (exact) mass is 256 g/mol. The normalized spacial score (nSPS) is 12.9. The van der Waals surface area contributed by atoms with Crippen molar-refractivity contribution in [1.82, 2.24) is 9.88 Å². The van der Waals surface area contributed by atoms with Gasteiger partial charge in [0.15, 0.2) is 5.69 Å². The zero-order valence-electron chi connectivity index (χ0n) is 10.6. The van der Waals surface area contributed by atoms with Gasteiger partial charge in [-0.15, -0.1) is 11.3 Å². The Balaban J connectivity index is 2.51. The Bertz CT molecular complexity index is 365. The van der Waals surface area contributed by atoms with E-state index in [0.29, 0.717) is 0 Å². The minimum atomic E-state index is -0.945. The molecule has 0 saturated carbocycles. The minimum Gasteiger partial charge on any atom is -0.476 e. The Morgan fingerprint density at radius 2 is 2.35 bits per heavy atom. The summed E-state index contributed by atoms with van der Waals surface area (Å²) < 4.78 is 0. The van der Waals surface area contributed by atoms with E-state index in [1.54, 1.807) is 5.38 Å². The van der Waals surface area contributed by atoms with Gasteiger partial charge in [0.05, 0.1) is 5.01 Å². The maximum Gasteiger partial charge on any atom is 0.355 e. The van der Waals surface area contributed by atoms with Crippen LogP contribution in [0.15, 0.2) is 5.38 Å². The smallest absolute Gasteiger partial charge is 0.355 e. The summed E-state index contributed by atoms with van der Waals surface area (Å²) in [7, 11) is 2.10. The third kappa shape index (κ3) is 4.44. The Labute approximate surface area is 106 Å². The fourth-order valence-electron chi connectivity index (χ4n) is 1.68. The maximum absolute atomic E-state index is 10.7. The molecule has 1 heterocycles. The summed E-state index contributed by atoms with van der Waals surface area (Å²) in [4.78, 5) is 17.1. The summed E-state index contributed by atoms with van der Waals surface area (Å²) in [5.74, 6) is -0.658. The molecule has 0 fully saturated rings. The molecule has 96 valence electrons. The van der Waals surface area contributed by atoms with Crippen LogP contribution in [-0.4, -0.2) is 41.1 Å². The van der Waals surface area contributed by atoms with Crippen LogP contribution in [0, 0.1) is 0 Å². The molecule has 4 nitrogen and oxygen atoms in total. The SMILES string of the molecule is CCCCN(C)CC(C)c1nc(C(=O)O)cs1. The van der Waals surface area contributed by atoms with Crippen LogP contribution >= 0.6 is 11.3 Å². The van der Waals surface area contributed by atoms with Crippen molar-refractivity contribution in [1.29, 1.82) is 0 Å². The van der Waals surface area contributed by atoms with E-state index in [4.69, 9.17) is 5.11 Å². The Kier molecular flexibility index (Phi) is 5.58. The van der Waals surface area contributed by atoms with Gasteiger partial charge in [0.1, 0.15) is 0 Å². The zero-order chi connectivity index (χ0) is 12.8. The Hall–Kier alpha value is -0.940. The number of hydrogen-bond acceptors (Lipinski definition) is 4. The first-order valence-electron chi connectivity index (χ1n) is 5.91. The van der Waals surface area contributed by atoms with E-state index in [1.165, 1.54) is 24.2 Å². The molecule has 0 aliphatic carbocycles. The van der Waals surface area contributed by atoms with Crippen LogP contribution < -0.4 is 0 Å². The number of hydrogen-bond donors (Lipinski definition) is 1. The third-order valence-corrected chi connectivity index (χ3v) is 3.72. The zero-order valence-corrected chi connectivity index (χ0v) is 11.5. The van der Waals surface area contributed by atoms with Crippen molar-refractivity contribution in [3.05, 3.63) is 16.1 Å². The van der Waals surface area contributed by atoms with E-state index < -0.39 is 5.97 Å². The lowest BCUT2D eigenvalue weighted by molar-refractivity contribution is 0.0691. The summed E-state index contributed by atoms with van der Waals surface area (Å²) in [5.41, 5.74) is 0.160. The number of likely N-dealkylation sites (N-methyl/N-ethyl adjacent to an activating group) is 1. The number of nitrogens with zero attached hydrogens (tertiary/aromatic N) is 2. The van der Waals surface area contributed by atoms with E-state index in [0.717, 1.165) is 18.1 Å². The highest BCUT2D eigenvalue weighted by Gasteiger charge is 2.15. The number of carbonyl (C=O) groups is 1. The predicted molar refractivity (Wildman–Crippen MR) is 69.9 cm³/mol. The number of carboxylic acid groups (broad SMARTS) is 1. The van der Waals surface area contributed by atoms with Crippen LogP contribution in [0.1, 0.15) is 48.1 Å². The van der Waals surface area contributed by atoms with Gasteiger partial charge in [0, 0.05) is 17.8 Å². The van der Waals surface area contributed by atoms with E-state index in [9.17, 15) is 4.79 Å². The number of rotatable bonds is 7. The van der Waals surface area contributed by atoms with Crippen molar-refractivity contribution < 1.29 is 9.90 Å². The summed E-state index contributed by atoms with van der Waals surface area (Å²) in [6.07, 6.45) is 2.39. The molecule has 0 aliphatic rings. The molecule has 1 aromatic heterocycles. The molecule has 0 aliphatic heterocycles. The van der Waals surface area contributed by atoms with Crippen LogP contribution in [0.3, 0.4) is 0 Å². The minimum absolute atomic E-state index is 0.160. The second kappa shape index (κ2) is 6.71. The van der Waals surface area contributed by atoms with Gasteiger partial charge in [-0.3, -0.25) is 0 Å². The maximum atomic E-state index is 10.7. The molecular weight excluding hydrogens is 236 g/mol. The lowest BCUT2D eigenvalue weighted by Crippen LogP contribution is -2.24. The Morgan fingerprint density at radius 3 is 2.88 bits per heavy atom. The van der Waals surface area contributed by atoms with Crippen molar-refractivity contribution >= 4 is 17.3 Å². The molecule has 1 unspecified atom stereocenters. The molecule has 1 N–H and O–H groups in total. The lowest BCUT2D eigenvalue weighted by atomic mass is 10.2. The fraction of sp³-hybridized carbons (Fsp3) is 0.667. The average molecular weight is 256 g/mol. The standard InChI is InChI=1S/C12H20N2O2S/c1-4-5-6-14(3)7-9(2)11-13-10(8-17-11)12(15)16/h8-9H,4-7H2,1-3H3,(H,15,16). The molecule has 17 heavy (non-hydrogen) atoms. The van der Waals surface area contributed by atoms with Crippen LogP contribution in [-0.2, 0) is 0 Å². The average Bonchev–Trinajstić information content (AvgIpc) is 2.75. The summed E-state index contributed by atoms with van der Waals surface area (Å²) in [6, 6.07) is 0. The fourth-order valence-corrected chi connectivity index (χ4v) is 2.52. The van der Waals surface area contributed by atoms with Gasteiger partial charge in [-0.1, -0.05) is 20.3 Å². The second-order valence-electron chi connectivity index (χ2n) is 4.39. The van der Waals surface area contributed by atoms with Gasteiger partial charge in [-0.05, 0) is 20.0 Å². The van der Waals surface area contributed by atoms with E-state index in [2.05, 4.69) is 30.8 Å². The van der Waals surface area contributed by atoms with Crippen LogP contribution in [0.4, 0.5) is 0 Å². The summed E-state index contributed by atoms with van der Waals surface area (Å²) in [5, 5.41) is 11.3. The van der Waals surface area contributed by atoms with Gasteiger partial charge in [-0.2, -0.15) is 0 Å². The van der Waals surface area contributed by atoms with Gasteiger partial charge in [0.2, 0.25) is 0 Å². The van der Waals surface area contributed by atoms with Crippen LogP contribution in [0.2, 0.25) is 0 Å². The highest BCUT2D eigenvalue weighted by atomic mass is 32.1. The van der Waals surface area contributed by atoms with Crippen LogP contribution in [0.25, 0.3) is 0 Å². The largest absolute Gasteiger partial charge is 0.476 e. The number of unbranched alkanes of at least 4 members (excludes halogenated alkanes) is 1. The van der Waals surface area contributed by atoms with E-state index >= 15 is 0 Å². The molecule has 1 aromatic rings. The molecule has 0 saturated heterocycles. The van der Waals surface area contributed by atoms with Gasteiger partial charge in [0.25, 0.3) is 0 Å². The van der Waals surface area contributed by atoms with Crippen molar-refractivity contribution in [2.75, 3.05) is 20.1 Å². The van der Waals surface area contributed by atoms with Crippen molar-refractivity contribution in [2.45, 2.75) is 32.6 Å². The molecule has 1 atom stereocenters. The summed E-state index contributed by atoms with van der Waals surface area (Å²) in [6.45, 7) is 6.27. The number of aromatic nitrogens is 1. The second-order valence-corrected chi connectivity index (χ2v) is 5.28. The highest BCUT2D eigenvalue weighted by molar-refractivity contribution is 7.09. The quantitative estimate of drug-likeness (QED) is 0.815. The Morgan fingerprint density at radius 1 is 1.65 bits per heavy atom. The first kappa shape index (κ1) is 14.1. The molecule has 0 bridgehead atoms. The third-order valence-electron chi connectivity index (χ3n) is 2.64. The van der Waals surface area contributed by atoms with E-state index in [-0.39, 0.29) is 11.6 Å². The topological polar surface area (TPSA) is 53.4 Å². The molecule has 0 aromatic carbocycles. The molecule has 0 amide bonds. The molecule has 1 rings (SSSR count). The van der Waals surface area contributed by atoms with E-state index in [1.807, 2.05) is 0 Å². The molecule has 0 radical (unpaired) electrons. The van der Waals surface area contributed by atoms with Crippen molar-refractivity contribution in [3.8, 4) is 0 Å². The molecule has 0 spiro atoms.